The molecule has 138 valence electrons. The van der Waals surface area contributed by atoms with Crippen LogP contribution < -0.4 is 0 Å². The Balaban J connectivity index is 1.74. The summed E-state index contributed by atoms with van der Waals surface area (Å²) >= 11 is 0. The second-order valence-corrected chi connectivity index (χ2v) is 8.37. The van der Waals surface area contributed by atoms with Crippen LogP contribution in [0.2, 0.25) is 0 Å². The summed E-state index contributed by atoms with van der Waals surface area (Å²) in [7, 11) is -3.65. The maximum Gasteiger partial charge on any atom is 0.276 e. The van der Waals surface area contributed by atoms with E-state index in [-0.39, 0.29) is 16.9 Å². The summed E-state index contributed by atoms with van der Waals surface area (Å²) in [6, 6.07) is 1.45. The Morgan fingerprint density at radius 2 is 1.92 bits per heavy atom. The quantitative estimate of drug-likeness (QED) is 0.771. The number of sulfonamides is 1. The highest BCUT2D eigenvalue weighted by molar-refractivity contribution is 7.89. The summed E-state index contributed by atoms with van der Waals surface area (Å²) in [5, 5.41) is 7.82. The minimum absolute atomic E-state index is 0.0873. The van der Waals surface area contributed by atoms with E-state index in [1.165, 1.54) is 16.6 Å². The first kappa shape index (κ1) is 18.1. The third-order valence-electron chi connectivity index (χ3n) is 4.22. The van der Waals surface area contributed by atoms with Gasteiger partial charge in [0.15, 0.2) is 0 Å². The van der Waals surface area contributed by atoms with Crippen LogP contribution in [0.5, 0.6) is 0 Å². The molecule has 0 unspecified atom stereocenters. The Bertz CT molecular complexity index is 804. The molecule has 0 aromatic carbocycles. The van der Waals surface area contributed by atoms with Gasteiger partial charge < -0.3 is 13.7 Å². The summed E-state index contributed by atoms with van der Waals surface area (Å²) in [6.45, 7) is 9.42. The first-order valence-corrected chi connectivity index (χ1v) is 10.0. The van der Waals surface area contributed by atoms with Gasteiger partial charge in [0, 0.05) is 38.2 Å². The van der Waals surface area contributed by atoms with Gasteiger partial charge in [0.2, 0.25) is 11.0 Å². The highest BCUT2D eigenvalue weighted by atomic mass is 32.2. The molecular formula is C16H24N4O4S. The fourth-order valence-electron chi connectivity index (χ4n) is 2.79. The number of hydrogen-bond donors (Lipinski definition) is 0. The van der Waals surface area contributed by atoms with Gasteiger partial charge in [0.25, 0.3) is 15.9 Å². The molecule has 9 heteroatoms. The predicted octanol–water partition coefficient (Wildman–Crippen LogP) is 2.17. The molecule has 1 aliphatic rings. The van der Waals surface area contributed by atoms with E-state index in [9.17, 15) is 8.42 Å². The van der Waals surface area contributed by atoms with Crippen molar-refractivity contribution in [1.82, 2.24) is 19.4 Å². The summed E-state index contributed by atoms with van der Waals surface area (Å²) in [5.74, 6) is 0.880. The molecule has 1 aliphatic heterocycles. The lowest BCUT2D eigenvalue weighted by Crippen LogP contribution is -2.48. The normalized spacial score (nSPS) is 17.4. The standard InChI is InChI=1S/C16H24N4O4S/c1-4-5-19-6-8-20(9-7-19)25(21,22)14-10-13(11-23-14)16-18-17-15(24-16)12(2)3/h10-12H,4-9H2,1-3H3. The Morgan fingerprint density at radius 3 is 2.52 bits per heavy atom. The van der Waals surface area contributed by atoms with Gasteiger partial charge >= 0.3 is 0 Å². The molecule has 2 aromatic heterocycles. The maximum absolute atomic E-state index is 12.8. The highest BCUT2D eigenvalue weighted by Gasteiger charge is 2.31. The van der Waals surface area contributed by atoms with E-state index in [2.05, 4.69) is 22.0 Å². The molecule has 0 bridgehead atoms. The minimum Gasteiger partial charge on any atom is -0.451 e. The number of furan rings is 1. The predicted molar refractivity (Wildman–Crippen MR) is 91.6 cm³/mol. The number of aromatic nitrogens is 2. The first-order chi connectivity index (χ1) is 11.9. The van der Waals surface area contributed by atoms with Crippen LogP contribution in [0.15, 0.2) is 26.3 Å². The SMILES string of the molecule is CCCN1CCN(S(=O)(=O)c2cc(-c3nnc(C(C)C)o3)co2)CC1. The van der Waals surface area contributed by atoms with Crippen LogP contribution in [0, 0.1) is 0 Å². The Hall–Kier alpha value is -1.71. The molecule has 3 heterocycles. The van der Waals surface area contributed by atoms with Crippen molar-refractivity contribution in [2.24, 2.45) is 0 Å². The molecule has 0 atom stereocenters. The van der Waals surface area contributed by atoms with E-state index in [0.717, 1.165) is 26.1 Å². The summed E-state index contributed by atoms with van der Waals surface area (Å²) in [6.07, 6.45) is 2.41. The lowest BCUT2D eigenvalue weighted by atomic mass is 10.2. The van der Waals surface area contributed by atoms with Gasteiger partial charge in [-0.15, -0.1) is 10.2 Å². The van der Waals surface area contributed by atoms with Gasteiger partial charge in [-0.2, -0.15) is 4.31 Å². The average molecular weight is 368 g/mol. The second-order valence-electron chi connectivity index (χ2n) is 6.50. The van der Waals surface area contributed by atoms with Crippen molar-refractivity contribution < 1.29 is 17.3 Å². The molecule has 25 heavy (non-hydrogen) atoms. The first-order valence-electron chi connectivity index (χ1n) is 8.56. The fourth-order valence-corrected chi connectivity index (χ4v) is 4.13. The van der Waals surface area contributed by atoms with Gasteiger partial charge in [-0.3, -0.25) is 0 Å². The van der Waals surface area contributed by atoms with Gasteiger partial charge in [-0.1, -0.05) is 20.8 Å². The molecule has 0 spiro atoms. The van der Waals surface area contributed by atoms with Crippen LogP contribution in [0.1, 0.15) is 39.0 Å². The van der Waals surface area contributed by atoms with Crippen LogP contribution in [0.3, 0.4) is 0 Å². The number of rotatable bonds is 6. The zero-order valence-electron chi connectivity index (χ0n) is 14.8. The van der Waals surface area contributed by atoms with Crippen LogP contribution in [0.4, 0.5) is 0 Å². The van der Waals surface area contributed by atoms with E-state index >= 15 is 0 Å². The molecule has 2 aromatic rings. The monoisotopic (exact) mass is 368 g/mol. The van der Waals surface area contributed by atoms with Gasteiger partial charge in [-0.05, 0) is 13.0 Å². The van der Waals surface area contributed by atoms with E-state index in [1.807, 2.05) is 13.8 Å². The molecular weight excluding hydrogens is 344 g/mol. The van der Waals surface area contributed by atoms with E-state index in [0.29, 0.717) is 24.5 Å². The topological polar surface area (TPSA) is 92.7 Å². The fraction of sp³-hybridized carbons (Fsp3) is 0.625. The van der Waals surface area contributed by atoms with Crippen molar-refractivity contribution >= 4 is 10.0 Å². The van der Waals surface area contributed by atoms with Gasteiger partial charge in [0.1, 0.15) is 6.26 Å². The van der Waals surface area contributed by atoms with E-state index in [4.69, 9.17) is 8.83 Å². The lowest BCUT2D eigenvalue weighted by Gasteiger charge is -2.33. The lowest BCUT2D eigenvalue weighted by molar-refractivity contribution is 0.187. The van der Waals surface area contributed by atoms with Crippen LogP contribution >= 0.6 is 0 Å². The largest absolute Gasteiger partial charge is 0.451 e. The van der Waals surface area contributed by atoms with Gasteiger partial charge in [-0.25, -0.2) is 8.42 Å². The smallest absolute Gasteiger partial charge is 0.276 e. The molecule has 0 aliphatic carbocycles. The van der Waals surface area contributed by atoms with Crippen LogP contribution in [0.25, 0.3) is 11.5 Å². The van der Waals surface area contributed by atoms with E-state index < -0.39 is 10.0 Å². The van der Waals surface area contributed by atoms with Crippen molar-refractivity contribution in [2.75, 3.05) is 32.7 Å². The van der Waals surface area contributed by atoms with Crippen molar-refractivity contribution in [3.05, 3.63) is 18.2 Å². The minimum atomic E-state index is -3.65. The number of piperazine rings is 1. The summed E-state index contributed by atoms with van der Waals surface area (Å²) < 4.78 is 37.8. The number of nitrogens with zero attached hydrogens (tertiary/aromatic N) is 4. The molecule has 0 N–H and O–H groups in total. The maximum atomic E-state index is 12.8. The van der Waals surface area contributed by atoms with Crippen molar-refractivity contribution in [3.63, 3.8) is 0 Å². The zero-order chi connectivity index (χ0) is 18.0. The van der Waals surface area contributed by atoms with Crippen molar-refractivity contribution in [3.8, 4) is 11.5 Å². The molecule has 0 saturated carbocycles. The molecule has 1 fully saturated rings. The molecule has 0 radical (unpaired) electrons. The Kier molecular flexibility index (Phi) is 5.26. The molecule has 1 saturated heterocycles. The van der Waals surface area contributed by atoms with Crippen LogP contribution in [-0.2, 0) is 10.0 Å². The molecule has 0 amide bonds. The van der Waals surface area contributed by atoms with Crippen molar-refractivity contribution in [1.29, 1.82) is 0 Å². The average Bonchev–Trinajstić information content (AvgIpc) is 3.25. The second kappa shape index (κ2) is 7.27. The highest BCUT2D eigenvalue weighted by Crippen LogP contribution is 2.27. The van der Waals surface area contributed by atoms with Crippen LogP contribution in [-0.4, -0.2) is 60.5 Å². The molecule has 3 rings (SSSR count). The zero-order valence-corrected chi connectivity index (χ0v) is 15.6. The summed E-state index contributed by atoms with van der Waals surface area (Å²) in [4.78, 5) is 2.27. The Morgan fingerprint density at radius 1 is 1.20 bits per heavy atom. The van der Waals surface area contributed by atoms with Gasteiger partial charge in [0.05, 0.1) is 5.56 Å². The third-order valence-corrected chi connectivity index (χ3v) is 5.99. The number of hydrogen-bond acceptors (Lipinski definition) is 7. The Labute approximate surface area is 147 Å². The summed E-state index contributed by atoms with van der Waals surface area (Å²) in [5.41, 5.74) is 0.475. The molecule has 8 nitrogen and oxygen atoms in total. The van der Waals surface area contributed by atoms with E-state index in [1.54, 1.807) is 0 Å². The van der Waals surface area contributed by atoms with Crippen molar-refractivity contribution in [2.45, 2.75) is 38.2 Å². The third kappa shape index (κ3) is 3.78.